The van der Waals surface area contributed by atoms with E-state index in [0.717, 1.165) is 23.2 Å². The van der Waals surface area contributed by atoms with Crippen molar-refractivity contribution in [3.8, 4) is 5.75 Å². The van der Waals surface area contributed by atoms with Crippen LogP contribution in [0.25, 0.3) is 0 Å². The van der Waals surface area contributed by atoms with Gasteiger partial charge in [0.2, 0.25) is 0 Å². The molecule has 11 heavy (non-hydrogen) atoms. The highest BCUT2D eigenvalue weighted by Crippen LogP contribution is 2.22. The molecule has 0 aromatic heterocycles. The first-order valence-electron chi connectivity index (χ1n) is 3.63. The Hall–Kier alpha value is -0.500. The number of benzene rings is 1. The van der Waals surface area contributed by atoms with E-state index >= 15 is 0 Å². The van der Waals surface area contributed by atoms with Crippen LogP contribution in [0, 0.1) is 6.07 Å². The van der Waals surface area contributed by atoms with Crippen molar-refractivity contribution in [2.24, 2.45) is 0 Å². The first-order valence-corrected chi connectivity index (χ1v) is 4.43. The molecule has 1 radical (unpaired) electrons. The molecular formula is C9H10BrO. The maximum Gasteiger partial charge on any atom is 0.141 e. The molecule has 0 heterocycles. The van der Waals surface area contributed by atoms with Gasteiger partial charge >= 0.3 is 0 Å². The lowest BCUT2D eigenvalue weighted by Crippen LogP contribution is -1.95. The Bertz CT molecular complexity index is 223. The molecule has 59 valence electrons. The summed E-state index contributed by atoms with van der Waals surface area (Å²) in [6, 6.07) is 8.71. The molecule has 0 atom stereocenters. The van der Waals surface area contributed by atoms with E-state index in [2.05, 4.69) is 28.9 Å². The summed E-state index contributed by atoms with van der Waals surface area (Å²) in [5.74, 6) is 0.800. The Kier molecular flexibility index (Phi) is 3.43. The zero-order valence-electron chi connectivity index (χ0n) is 6.43. The molecule has 0 bridgehead atoms. The summed E-state index contributed by atoms with van der Waals surface area (Å²) in [5, 5.41) is 0. The quantitative estimate of drug-likeness (QED) is 0.751. The molecular weight excluding hydrogens is 204 g/mol. The Morgan fingerprint density at radius 1 is 1.64 bits per heavy atom. The first kappa shape index (κ1) is 8.60. The van der Waals surface area contributed by atoms with Crippen molar-refractivity contribution in [1.29, 1.82) is 0 Å². The standard InChI is InChI=1S/C9H10BrO/c1-2-7-11-9-6-4-3-5-8(9)10/h3-5H,2,7H2,1H3. The zero-order chi connectivity index (χ0) is 8.10. The van der Waals surface area contributed by atoms with Crippen LogP contribution in [-0.4, -0.2) is 6.61 Å². The van der Waals surface area contributed by atoms with Gasteiger partial charge in [0.1, 0.15) is 5.75 Å². The summed E-state index contributed by atoms with van der Waals surface area (Å²) in [5.41, 5.74) is 0. The Morgan fingerprint density at radius 3 is 3.09 bits per heavy atom. The van der Waals surface area contributed by atoms with Crippen molar-refractivity contribution in [1.82, 2.24) is 0 Å². The third-order valence-electron chi connectivity index (χ3n) is 1.22. The van der Waals surface area contributed by atoms with Crippen LogP contribution in [0.2, 0.25) is 0 Å². The van der Waals surface area contributed by atoms with E-state index in [1.54, 1.807) is 0 Å². The molecule has 1 rings (SSSR count). The molecule has 0 N–H and O–H groups in total. The Morgan fingerprint density at radius 2 is 2.45 bits per heavy atom. The second-order valence-corrected chi connectivity index (χ2v) is 3.05. The van der Waals surface area contributed by atoms with Crippen LogP contribution in [0.5, 0.6) is 5.75 Å². The minimum atomic E-state index is 0.749. The number of hydrogen-bond acceptors (Lipinski definition) is 1. The average molecular weight is 214 g/mol. The van der Waals surface area contributed by atoms with Crippen LogP contribution in [0.1, 0.15) is 13.3 Å². The van der Waals surface area contributed by atoms with E-state index in [0.29, 0.717) is 0 Å². The summed E-state index contributed by atoms with van der Waals surface area (Å²) in [7, 11) is 0. The highest BCUT2D eigenvalue weighted by atomic mass is 79.9. The van der Waals surface area contributed by atoms with Crippen molar-refractivity contribution >= 4 is 15.9 Å². The molecule has 0 aliphatic carbocycles. The fourth-order valence-corrected chi connectivity index (χ4v) is 1.10. The van der Waals surface area contributed by atoms with Crippen LogP contribution in [0.4, 0.5) is 0 Å². The van der Waals surface area contributed by atoms with Crippen molar-refractivity contribution in [2.75, 3.05) is 6.61 Å². The van der Waals surface area contributed by atoms with E-state index in [9.17, 15) is 0 Å². The van der Waals surface area contributed by atoms with Gasteiger partial charge in [0.05, 0.1) is 11.1 Å². The normalized spacial score (nSPS) is 9.64. The van der Waals surface area contributed by atoms with E-state index < -0.39 is 0 Å². The number of para-hydroxylation sites is 1. The highest BCUT2D eigenvalue weighted by molar-refractivity contribution is 9.10. The average Bonchev–Trinajstić information content (AvgIpc) is 2.03. The van der Waals surface area contributed by atoms with E-state index in [1.807, 2.05) is 18.2 Å². The molecule has 0 fully saturated rings. The minimum Gasteiger partial charge on any atom is -0.492 e. The van der Waals surface area contributed by atoms with Gasteiger partial charge in [0.25, 0.3) is 0 Å². The predicted molar refractivity (Wildman–Crippen MR) is 48.8 cm³/mol. The molecule has 0 unspecified atom stereocenters. The Labute approximate surface area is 75.5 Å². The second kappa shape index (κ2) is 4.39. The van der Waals surface area contributed by atoms with Gasteiger partial charge in [-0.25, -0.2) is 0 Å². The maximum atomic E-state index is 5.38. The summed E-state index contributed by atoms with van der Waals surface area (Å²) in [4.78, 5) is 0. The maximum absolute atomic E-state index is 5.38. The summed E-state index contributed by atoms with van der Waals surface area (Å²) in [6.07, 6.45) is 1.02. The van der Waals surface area contributed by atoms with Crippen LogP contribution < -0.4 is 4.74 Å². The van der Waals surface area contributed by atoms with Crippen molar-refractivity contribution < 1.29 is 4.74 Å². The van der Waals surface area contributed by atoms with Gasteiger partial charge in [-0.2, -0.15) is 0 Å². The van der Waals surface area contributed by atoms with Crippen LogP contribution in [0.15, 0.2) is 22.7 Å². The molecule has 0 saturated carbocycles. The van der Waals surface area contributed by atoms with Gasteiger partial charge < -0.3 is 4.74 Å². The lowest BCUT2D eigenvalue weighted by Gasteiger charge is -2.04. The summed E-state index contributed by atoms with van der Waals surface area (Å²) < 4.78 is 6.35. The van der Waals surface area contributed by atoms with Gasteiger partial charge in [0.15, 0.2) is 0 Å². The van der Waals surface area contributed by atoms with Gasteiger partial charge in [-0.05, 0) is 28.4 Å². The third-order valence-corrected chi connectivity index (χ3v) is 1.85. The van der Waals surface area contributed by atoms with Crippen LogP contribution in [-0.2, 0) is 0 Å². The van der Waals surface area contributed by atoms with Crippen molar-refractivity contribution in [3.05, 3.63) is 28.7 Å². The molecule has 2 heteroatoms. The van der Waals surface area contributed by atoms with E-state index in [1.165, 1.54) is 0 Å². The van der Waals surface area contributed by atoms with Gasteiger partial charge in [-0.1, -0.05) is 19.1 Å². The number of ether oxygens (including phenoxy) is 1. The summed E-state index contributed by atoms with van der Waals surface area (Å²) in [6.45, 7) is 2.83. The lowest BCUT2D eigenvalue weighted by molar-refractivity contribution is 0.315. The number of rotatable bonds is 3. The minimum absolute atomic E-state index is 0.749. The zero-order valence-corrected chi connectivity index (χ0v) is 8.02. The van der Waals surface area contributed by atoms with E-state index in [-0.39, 0.29) is 0 Å². The molecule has 0 amide bonds. The first-order chi connectivity index (χ1) is 5.34. The number of halogens is 1. The smallest absolute Gasteiger partial charge is 0.141 e. The lowest BCUT2D eigenvalue weighted by atomic mass is 10.3. The number of hydrogen-bond donors (Lipinski definition) is 0. The molecule has 1 aromatic carbocycles. The fraction of sp³-hybridized carbons (Fsp3) is 0.333. The SMILES string of the molecule is CCCOc1[c]cccc1Br. The molecule has 0 saturated heterocycles. The molecule has 0 aliphatic heterocycles. The summed E-state index contributed by atoms with van der Waals surface area (Å²) >= 11 is 3.37. The Balaban J connectivity index is 2.62. The fourth-order valence-electron chi connectivity index (χ4n) is 0.716. The van der Waals surface area contributed by atoms with Gasteiger partial charge in [0, 0.05) is 6.07 Å². The predicted octanol–water partition coefficient (Wildman–Crippen LogP) is 3.04. The van der Waals surface area contributed by atoms with Gasteiger partial charge in [-0.15, -0.1) is 0 Å². The molecule has 1 nitrogen and oxygen atoms in total. The second-order valence-electron chi connectivity index (χ2n) is 2.20. The molecule has 1 aromatic rings. The van der Waals surface area contributed by atoms with Crippen molar-refractivity contribution in [3.63, 3.8) is 0 Å². The van der Waals surface area contributed by atoms with E-state index in [4.69, 9.17) is 4.74 Å². The topological polar surface area (TPSA) is 9.23 Å². The largest absolute Gasteiger partial charge is 0.492 e. The monoisotopic (exact) mass is 213 g/mol. The third kappa shape index (κ3) is 2.54. The molecule has 0 spiro atoms. The van der Waals surface area contributed by atoms with Gasteiger partial charge in [-0.3, -0.25) is 0 Å². The molecule has 0 aliphatic rings. The van der Waals surface area contributed by atoms with Crippen LogP contribution >= 0.6 is 15.9 Å². The highest BCUT2D eigenvalue weighted by Gasteiger charge is 1.96. The van der Waals surface area contributed by atoms with Crippen LogP contribution in [0.3, 0.4) is 0 Å². The van der Waals surface area contributed by atoms with Crippen molar-refractivity contribution in [2.45, 2.75) is 13.3 Å².